The molecule has 2 amide bonds. The van der Waals surface area contributed by atoms with E-state index in [2.05, 4.69) is 12.6 Å². The fraction of sp³-hybridized carbons (Fsp3) is 0.500. The van der Waals surface area contributed by atoms with Crippen molar-refractivity contribution in [1.82, 2.24) is 9.80 Å². The van der Waals surface area contributed by atoms with Crippen LogP contribution in [0.4, 0.5) is 10.5 Å². The molecule has 0 aromatic heterocycles. The first-order valence-corrected chi connectivity index (χ1v) is 8.37. The van der Waals surface area contributed by atoms with Crippen molar-refractivity contribution in [3.63, 3.8) is 0 Å². The van der Waals surface area contributed by atoms with Crippen molar-refractivity contribution in [3.8, 4) is 0 Å². The summed E-state index contributed by atoms with van der Waals surface area (Å²) in [4.78, 5) is 37.7. The van der Waals surface area contributed by atoms with Crippen molar-refractivity contribution in [3.05, 3.63) is 39.9 Å². The Balaban J connectivity index is 2.01. The molecule has 0 spiro atoms. The van der Waals surface area contributed by atoms with Gasteiger partial charge in [0.2, 0.25) is 5.91 Å². The lowest BCUT2D eigenvalue weighted by atomic mass is 10.0. The van der Waals surface area contributed by atoms with Gasteiger partial charge in [-0.1, -0.05) is 0 Å². The third kappa shape index (κ3) is 4.85. The largest absolute Gasteiger partial charge is 0.445 e. The first-order chi connectivity index (χ1) is 11.8. The van der Waals surface area contributed by atoms with Gasteiger partial charge in [0.15, 0.2) is 0 Å². The van der Waals surface area contributed by atoms with E-state index >= 15 is 0 Å². The van der Waals surface area contributed by atoms with Gasteiger partial charge in [0.1, 0.15) is 12.6 Å². The summed E-state index contributed by atoms with van der Waals surface area (Å²) >= 11 is 4.41. The van der Waals surface area contributed by atoms with Crippen LogP contribution in [0, 0.1) is 10.1 Å². The van der Waals surface area contributed by atoms with Crippen molar-refractivity contribution in [2.75, 3.05) is 20.6 Å². The number of carbonyl (C=O) groups excluding carboxylic acids is 2. The summed E-state index contributed by atoms with van der Waals surface area (Å²) in [5.41, 5.74) is 0.606. The van der Waals surface area contributed by atoms with Crippen LogP contribution in [-0.4, -0.2) is 58.7 Å². The summed E-state index contributed by atoms with van der Waals surface area (Å²) in [5.74, 6) is -0.146. The molecule has 25 heavy (non-hydrogen) atoms. The lowest BCUT2D eigenvalue weighted by Gasteiger charge is -2.37. The van der Waals surface area contributed by atoms with E-state index in [0.717, 1.165) is 6.42 Å². The van der Waals surface area contributed by atoms with E-state index in [-0.39, 0.29) is 23.5 Å². The predicted octanol–water partition coefficient (Wildman–Crippen LogP) is 2.08. The minimum Gasteiger partial charge on any atom is -0.445 e. The summed E-state index contributed by atoms with van der Waals surface area (Å²) in [6, 6.07) is 5.22. The van der Waals surface area contributed by atoms with E-state index in [1.165, 1.54) is 34.1 Å². The molecule has 1 saturated heterocycles. The molecule has 0 saturated carbocycles. The zero-order chi connectivity index (χ0) is 18.6. The minimum absolute atomic E-state index is 0.00172. The second-order valence-corrected chi connectivity index (χ2v) is 6.84. The number of likely N-dealkylation sites (tertiary alicyclic amines) is 1. The number of rotatable bonds is 4. The SMILES string of the molecule is CN(C)C(=O)[C@@H]1CC[C@H](S)CN1C(=O)OCc1ccc([N+](=O)[O-])cc1. The number of hydrogen-bond acceptors (Lipinski definition) is 6. The molecular weight excluding hydrogens is 346 g/mol. The Morgan fingerprint density at radius 3 is 2.52 bits per heavy atom. The number of carbonyl (C=O) groups is 2. The fourth-order valence-electron chi connectivity index (χ4n) is 2.65. The molecule has 0 aliphatic carbocycles. The molecule has 1 fully saturated rings. The first-order valence-electron chi connectivity index (χ1n) is 7.85. The molecule has 9 heteroatoms. The van der Waals surface area contributed by atoms with Gasteiger partial charge >= 0.3 is 6.09 Å². The molecule has 0 unspecified atom stereocenters. The highest BCUT2D eigenvalue weighted by molar-refractivity contribution is 7.81. The van der Waals surface area contributed by atoms with Gasteiger partial charge in [0.25, 0.3) is 5.69 Å². The molecule has 1 aromatic rings. The van der Waals surface area contributed by atoms with Gasteiger partial charge in [0.05, 0.1) is 4.92 Å². The molecule has 0 radical (unpaired) electrons. The van der Waals surface area contributed by atoms with E-state index in [9.17, 15) is 19.7 Å². The lowest BCUT2D eigenvalue weighted by Crippen LogP contribution is -2.54. The molecule has 1 aliphatic rings. The second kappa shape index (κ2) is 8.19. The summed E-state index contributed by atoms with van der Waals surface area (Å²) in [5, 5.41) is 10.6. The number of ether oxygens (including phenoxy) is 1. The zero-order valence-electron chi connectivity index (χ0n) is 14.1. The number of benzene rings is 1. The van der Waals surface area contributed by atoms with Crippen molar-refractivity contribution >= 4 is 30.3 Å². The quantitative estimate of drug-likeness (QED) is 0.500. The number of likely N-dealkylation sites (N-methyl/N-ethyl adjacent to an activating group) is 1. The van der Waals surface area contributed by atoms with Crippen molar-refractivity contribution in [2.45, 2.75) is 30.7 Å². The Labute approximate surface area is 151 Å². The van der Waals surface area contributed by atoms with E-state index < -0.39 is 17.1 Å². The van der Waals surface area contributed by atoms with Crippen molar-refractivity contribution in [2.24, 2.45) is 0 Å². The number of piperidine rings is 1. The molecule has 2 atom stereocenters. The topological polar surface area (TPSA) is 93.0 Å². The molecule has 1 aromatic carbocycles. The Morgan fingerprint density at radius 1 is 1.32 bits per heavy atom. The number of nitro benzene ring substituents is 1. The molecule has 0 bridgehead atoms. The lowest BCUT2D eigenvalue weighted by molar-refractivity contribution is -0.384. The van der Waals surface area contributed by atoms with Gasteiger partial charge in [0, 0.05) is 38.0 Å². The van der Waals surface area contributed by atoms with Crippen LogP contribution >= 0.6 is 12.6 Å². The average molecular weight is 367 g/mol. The third-order valence-electron chi connectivity index (χ3n) is 4.03. The highest BCUT2D eigenvalue weighted by atomic mass is 32.1. The normalized spacial score (nSPS) is 20.0. The summed E-state index contributed by atoms with van der Waals surface area (Å²) in [7, 11) is 3.30. The molecule has 1 aliphatic heterocycles. The Morgan fingerprint density at radius 2 is 1.96 bits per heavy atom. The van der Waals surface area contributed by atoms with Crippen molar-refractivity contribution in [1.29, 1.82) is 0 Å². The number of thiol groups is 1. The Hall–Kier alpha value is -2.29. The Kier molecular flexibility index (Phi) is 6.24. The third-order valence-corrected chi connectivity index (χ3v) is 4.45. The molecule has 1 heterocycles. The fourth-order valence-corrected chi connectivity index (χ4v) is 2.98. The molecular formula is C16H21N3O5S. The molecule has 8 nitrogen and oxygen atoms in total. The van der Waals surface area contributed by atoms with Crippen LogP contribution in [0.5, 0.6) is 0 Å². The maximum atomic E-state index is 12.4. The van der Waals surface area contributed by atoms with E-state index in [0.29, 0.717) is 18.5 Å². The van der Waals surface area contributed by atoms with Gasteiger partial charge in [-0.25, -0.2) is 4.79 Å². The van der Waals surface area contributed by atoms with Gasteiger partial charge < -0.3 is 9.64 Å². The number of nitrogens with zero attached hydrogens (tertiary/aromatic N) is 3. The highest BCUT2D eigenvalue weighted by Crippen LogP contribution is 2.23. The highest BCUT2D eigenvalue weighted by Gasteiger charge is 2.36. The van der Waals surface area contributed by atoms with Crippen LogP contribution < -0.4 is 0 Å². The number of nitro groups is 1. The van der Waals surface area contributed by atoms with Crippen LogP contribution in [0.1, 0.15) is 18.4 Å². The molecule has 136 valence electrons. The van der Waals surface area contributed by atoms with E-state index in [4.69, 9.17) is 4.74 Å². The predicted molar refractivity (Wildman–Crippen MR) is 94.5 cm³/mol. The standard InChI is InChI=1S/C16H21N3O5S/c1-17(2)15(20)14-8-7-13(25)9-18(14)16(21)24-10-11-3-5-12(6-4-11)19(22)23/h3-6,13-14,25H,7-10H2,1-2H3/t13-,14-/m0/s1. The summed E-state index contributed by atoms with van der Waals surface area (Å²) in [6.07, 6.45) is 0.703. The number of hydrogen-bond donors (Lipinski definition) is 1. The smallest absolute Gasteiger partial charge is 0.410 e. The van der Waals surface area contributed by atoms with Crippen molar-refractivity contribution < 1.29 is 19.2 Å². The van der Waals surface area contributed by atoms with Gasteiger partial charge in [-0.05, 0) is 30.5 Å². The van der Waals surface area contributed by atoms with Crippen LogP contribution in [0.3, 0.4) is 0 Å². The van der Waals surface area contributed by atoms with Gasteiger partial charge in [-0.3, -0.25) is 19.8 Å². The molecule has 2 rings (SSSR count). The monoisotopic (exact) mass is 367 g/mol. The zero-order valence-corrected chi connectivity index (χ0v) is 15.0. The first kappa shape index (κ1) is 19.0. The second-order valence-electron chi connectivity index (χ2n) is 6.11. The van der Waals surface area contributed by atoms with E-state index in [1.54, 1.807) is 14.1 Å². The number of amides is 2. The van der Waals surface area contributed by atoms with Gasteiger partial charge in [-0.15, -0.1) is 0 Å². The molecule has 0 N–H and O–H groups in total. The maximum Gasteiger partial charge on any atom is 0.410 e. The minimum atomic E-state index is -0.586. The van der Waals surface area contributed by atoms with Crippen LogP contribution in [-0.2, 0) is 16.1 Å². The number of non-ortho nitro benzene ring substituents is 1. The average Bonchev–Trinajstić information content (AvgIpc) is 2.59. The Bertz CT molecular complexity index is 650. The van der Waals surface area contributed by atoms with Crippen LogP contribution in [0.15, 0.2) is 24.3 Å². The van der Waals surface area contributed by atoms with Gasteiger partial charge in [-0.2, -0.15) is 12.6 Å². The van der Waals surface area contributed by atoms with E-state index in [1.807, 2.05) is 0 Å². The maximum absolute atomic E-state index is 12.4. The van der Waals surface area contributed by atoms with Crippen LogP contribution in [0.2, 0.25) is 0 Å². The summed E-state index contributed by atoms with van der Waals surface area (Å²) in [6.45, 7) is 0.319. The summed E-state index contributed by atoms with van der Waals surface area (Å²) < 4.78 is 5.29. The van der Waals surface area contributed by atoms with Crippen LogP contribution in [0.25, 0.3) is 0 Å².